The number of nitrogens with one attached hydrogen (secondary N) is 1. The summed E-state index contributed by atoms with van der Waals surface area (Å²) in [4.78, 5) is 47.0. The Hall–Kier alpha value is -4.49. The van der Waals surface area contributed by atoms with Crippen molar-refractivity contribution in [2.45, 2.75) is 65.2 Å². The van der Waals surface area contributed by atoms with E-state index >= 15 is 0 Å². The number of likely N-dealkylation sites (tertiary alicyclic amines) is 1. The Morgan fingerprint density at radius 1 is 1.04 bits per heavy atom. The van der Waals surface area contributed by atoms with Crippen LogP contribution in [-0.4, -0.2) is 121 Å². The first kappa shape index (κ1) is 40.3. The average Bonchev–Trinajstić information content (AvgIpc) is 3.79. The van der Waals surface area contributed by atoms with E-state index in [4.69, 9.17) is 15.8 Å². The Morgan fingerprint density at radius 3 is 2.48 bits per heavy atom. The van der Waals surface area contributed by atoms with Gasteiger partial charge in [-0.3, -0.25) is 9.59 Å². The molecule has 3 aromatic rings. The van der Waals surface area contributed by atoms with Gasteiger partial charge in [0.1, 0.15) is 12.1 Å². The molecule has 0 radical (unpaired) electrons. The summed E-state index contributed by atoms with van der Waals surface area (Å²) < 4.78 is 1.94. The zero-order valence-corrected chi connectivity index (χ0v) is 31.6. The fourth-order valence-corrected chi connectivity index (χ4v) is 7.06. The third-order valence-corrected chi connectivity index (χ3v) is 10.00. The Labute approximate surface area is 309 Å². The molecule has 0 unspecified atom stereocenters. The standard InChI is InChI=1S/C23H34N6O2.C15H21N3O.CH4O/c1-18-14-19(2)29(25-18)22-16-20(26(3)12-13-30)15-21(17-22)27-8-10-28(11-9-27)23(31)6-4-5-7-24;19-11-18-9-7-12(10-18)3-5-14-6-4-13-2-1-8-16-15(13)17-14;1-2/h13-17H,4-12,24H2,1-3H3;4,6,11-12H,1-3,5,7-10H2,(H,16,17);2H,1H3/t;12-;/m.1./s1. The van der Waals surface area contributed by atoms with E-state index in [2.05, 4.69) is 51.7 Å². The van der Waals surface area contributed by atoms with Crippen LogP contribution in [0.3, 0.4) is 0 Å². The van der Waals surface area contributed by atoms with Crippen LogP contribution >= 0.6 is 0 Å². The van der Waals surface area contributed by atoms with Crippen LogP contribution in [0.2, 0.25) is 0 Å². The number of carbonyl (C=O) groups is 3. The van der Waals surface area contributed by atoms with Gasteiger partial charge in [-0.25, -0.2) is 9.67 Å². The number of unbranched alkanes of at least 4 members (excludes halogenated alkanes) is 1. The van der Waals surface area contributed by atoms with Gasteiger partial charge in [-0.05, 0) is 107 Å². The Balaban J connectivity index is 0.000000245. The van der Waals surface area contributed by atoms with E-state index in [0.717, 1.165) is 125 Å². The molecule has 6 rings (SSSR count). The molecule has 0 spiro atoms. The van der Waals surface area contributed by atoms with E-state index in [1.807, 2.05) is 40.3 Å². The summed E-state index contributed by atoms with van der Waals surface area (Å²) >= 11 is 0. The maximum atomic E-state index is 12.4. The van der Waals surface area contributed by atoms with Crippen molar-refractivity contribution in [2.24, 2.45) is 11.7 Å². The van der Waals surface area contributed by atoms with Crippen LogP contribution in [0.15, 0.2) is 36.4 Å². The number of nitrogens with zero attached hydrogens (tertiary/aromatic N) is 7. The van der Waals surface area contributed by atoms with E-state index < -0.39 is 0 Å². The maximum absolute atomic E-state index is 12.4. The van der Waals surface area contributed by atoms with Crippen LogP contribution in [0.4, 0.5) is 17.2 Å². The van der Waals surface area contributed by atoms with Crippen molar-refractivity contribution in [1.82, 2.24) is 24.6 Å². The lowest BCUT2D eigenvalue weighted by molar-refractivity contribution is -0.131. The molecule has 2 saturated heterocycles. The fraction of sp³-hybridized carbons (Fsp3) is 0.564. The number of pyridine rings is 1. The third-order valence-electron chi connectivity index (χ3n) is 10.00. The lowest BCUT2D eigenvalue weighted by atomic mass is 10.00. The second kappa shape index (κ2) is 20.5. The molecule has 4 N–H and O–H groups in total. The number of anilines is 3. The zero-order chi connectivity index (χ0) is 37.5. The molecule has 3 aliphatic heterocycles. The Morgan fingerprint density at radius 2 is 1.81 bits per heavy atom. The number of amides is 2. The van der Waals surface area contributed by atoms with Gasteiger partial charge in [0.05, 0.1) is 17.9 Å². The number of aldehydes is 1. The van der Waals surface area contributed by atoms with Crippen LogP contribution in [-0.2, 0) is 27.2 Å². The van der Waals surface area contributed by atoms with Gasteiger partial charge in [0.2, 0.25) is 12.3 Å². The zero-order valence-electron chi connectivity index (χ0n) is 31.6. The molecule has 0 bridgehead atoms. The Bertz CT molecular complexity index is 1590. The highest BCUT2D eigenvalue weighted by molar-refractivity contribution is 5.76. The summed E-state index contributed by atoms with van der Waals surface area (Å²) in [5.74, 6) is 1.96. The second-order valence-corrected chi connectivity index (χ2v) is 13.8. The van der Waals surface area contributed by atoms with Gasteiger partial charge in [-0.15, -0.1) is 0 Å². The van der Waals surface area contributed by atoms with E-state index in [9.17, 15) is 14.4 Å². The van der Waals surface area contributed by atoms with Crippen LogP contribution in [0.1, 0.15) is 61.2 Å². The van der Waals surface area contributed by atoms with Crippen molar-refractivity contribution in [3.05, 3.63) is 59.0 Å². The molecule has 2 fully saturated rings. The number of aromatic nitrogens is 3. The molecule has 1 aromatic carbocycles. The van der Waals surface area contributed by atoms with Gasteiger partial charge in [0, 0.05) is 89.2 Å². The number of benzene rings is 1. The van der Waals surface area contributed by atoms with Crippen LogP contribution in [0.5, 0.6) is 0 Å². The lowest BCUT2D eigenvalue weighted by Gasteiger charge is -2.37. The summed E-state index contributed by atoms with van der Waals surface area (Å²) in [6.45, 7) is 10.8. The molecule has 52 heavy (non-hydrogen) atoms. The Kier molecular flexibility index (Phi) is 15.9. The topological polar surface area (TPSA) is 153 Å². The molecule has 0 aliphatic carbocycles. The highest BCUT2D eigenvalue weighted by atomic mass is 16.2. The summed E-state index contributed by atoms with van der Waals surface area (Å²) in [5.41, 5.74) is 13.1. The van der Waals surface area contributed by atoms with E-state index in [-0.39, 0.29) is 5.91 Å². The number of aliphatic hydroxyl groups excluding tert-OH is 1. The molecule has 3 aliphatic rings. The number of likely N-dealkylation sites (N-methyl/N-ethyl adjacent to an activating group) is 1. The van der Waals surface area contributed by atoms with Crippen molar-refractivity contribution in [1.29, 1.82) is 0 Å². The third kappa shape index (κ3) is 11.3. The van der Waals surface area contributed by atoms with Crippen LogP contribution in [0.25, 0.3) is 5.69 Å². The molecular weight excluding hydrogens is 658 g/mol. The van der Waals surface area contributed by atoms with Gasteiger partial charge in [0.25, 0.3) is 0 Å². The van der Waals surface area contributed by atoms with Crippen LogP contribution < -0.4 is 20.9 Å². The first-order chi connectivity index (χ1) is 25.3. The number of carbonyl (C=O) groups excluding carboxylic acids is 3. The lowest BCUT2D eigenvalue weighted by Crippen LogP contribution is -2.48. The van der Waals surface area contributed by atoms with Crippen LogP contribution in [0, 0.1) is 19.8 Å². The molecule has 13 heteroatoms. The van der Waals surface area contributed by atoms with Gasteiger partial charge in [-0.1, -0.05) is 6.07 Å². The number of hydrogen-bond acceptors (Lipinski definition) is 10. The fourth-order valence-electron chi connectivity index (χ4n) is 7.06. The highest BCUT2D eigenvalue weighted by Crippen LogP contribution is 2.29. The summed E-state index contributed by atoms with van der Waals surface area (Å²) in [5, 5.41) is 15.0. The minimum Gasteiger partial charge on any atom is -0.400 e. The van der Waals surface area contributed by atoms with Crippen molar-refractivity contribution in [2.75, 3.05) is 88.2 Å². The highest BCUT2D eigenvalue weighted by Gasteiger charge is 2.23. The number of fused-ring (bicyclic) bond motifs is 1. The van der Waals surface area contributed by atoms with Crippen molar-refractivity contribution >= 4 is 35.8 Å². The summed E-state index contributed by atoms with van der Waals surface area (Å²) in [6, 6.07) is 12.7. The molecule has 2 aromatic heterocycles. The molecule has 13 nitrogen and oxygen atoms in total. The van der Waals surface area contributed by atoms with Crippen molar-refractivity contribution in [3.63, 3.8) is 0 Å². The minimum absolute atomic E-state index is 0.218. The smallest absolute Gasteiger partial charge is 0.222 e. The number of piperazine rings is 1. The molecule has 0 saturated carbocycles. The molecular formula is C39H59N9O4. The normalized spacial score (nSPS) is 16.5. The van der Waals surface area contributed by atoms with E-state index in [0.29, 0.717) is 38.5 Å². The quantitative estimate of drug-likeness (QED) is 0.177. The van der Waals surface area contributed by atoms with Gasteiger partial charge >= 0.3 is 0 Å². The minimum atomic E-state index is 0.218. The summed E-state index contributed by atoms with van der Waals surface area (Å²) in [7, 11) is 2.91. The maximum Gasteiger partial charge on any atom is 0.222 e. The SMILES string of the molecule is CO.Cc1cc(C)n(-c2cc(N(C)CC=O)cc(N3CCN(C(=O)CCCCN)CC3)c2)n1.O=CN1CC[C@@H](CCc2ccc3c(n2)NCCC3)C1. The number of hydrogen-bond donors (Lipinski definition) is 3. The molecule has 2 amide bonds. The average molecular weight is 718 g/mol. The van der Waals surface area contributed by atoms with Gasteiger partial charge in [-0.2, -0.15) is 5.10 Å². The van der Waals surface area contributed by atoms with E-state index in [1.54, 1.807) is 0 Å². The predicted octanol–water partition coefficient (Wildman–Crippen LogP) is 3.36. The number of rotatable bonds is 13. The predicted molar refractivity (Wildman–Crippen MR) is 207 cm³/mol. The first-order valence-electron chi connectivity index (χ1n) is 18.7. The van der Waals surface area contributed by atoms with Crippen molar-refractivity contribution in [3.8, 4) is 5.69 Å². The number of nitrogens with two attached hydrogens (primary N) is 1. The van der Waals surface area contributed by atoms with Gasteiger partial charge in [0.15, 0.2) is 0 Å². The molecule has 5 heterocycles. The van der Waals surface area contributed by atoms with Gasteiger partial charge < -0.3 is 40.6 Å². The molecule has 284 valence electrons. The number of aryl methyl sites for hydroxylation is 4. The van der Waals surface area contributed by atoms with Crippen molar-refractivity contribution < 1.29 is 19.5 Å². The van der Waals surface area contributed by atoms with E-state index in [1.165, 1.54) is 17.7 Å². The number of aliphatic hydroxyl groups is 1. The second-order valence-electron chi connectivity index (χ2n) is 13.8. The largest absolute Gasteiger partial charge is 0.400 e. The summed E-state index contributed by atoms with van der Waals surface area (Å²) in [6.07, 6.45) is 9.85. The molecule has 1 atom stereocenters. The first-order valence-corrected chi connectivity index (χ1v) is 18.7. The monoisotopic (exact) mass is 717 g/mol.